The van der Waals surface area contributed by atoms with Gasteiger partial charge in [0.2, 0.25) is 23.6 Å². The number of amides is 4. The minimum Gasteiger partial charge on any atom is -0.481 e. The zero-order chi connectivity index (χ0) is 27.1. The van der Waals surface area contributed by atoms with Crippen LogP contribution in [0.3, 0.4) is 0 Å². The van der Waals surface area contributed by atoms with E-state index >= 15 is 0 Å². The lowest BCUT2D eigenvalue weighted by molar-refractivity contribution is -0.142. The Hall–Kier alpha value is -3.26. The van der Waals surface area contributed by atoms with E-state index in [1.165, 1.54) is 0 Å². The lowest BCUT2D eigenvalue weighted by Crippen LogP contribution is -2.58. The summed E-state index contributed by atoms with van der Waals surface area (Å²) in [7, 11) is 0. The van der Waals surface area contributed by atoms with Gasteiger partial charge in [0, 0.05) is 6.42 Å². The topological polar surface area (TPSA) is 257 Å². The molecule has 0 aliphatic carbocycles. The Kier molecular flexibility index (Phi) is 14.9. The summed E-state index contributed by atoms with van der Waals surface area (Å²) in [6, 6.07) is -5.19. The predicted molar refractivity (Wildman–Crippen MR) is 124 cm³/mol. The highest BCUT2D eigenvalue weighted by molar-refractivity contribution is 5.96. The van der Waals surface area contributed by atoms with Crippen molar-refractivity contribution in [2.75, 3.05) is 6.54 Å². The Bertz CT molecular complexity index is 762. The van der Waals surface area contributed by atoms with Crippen LogP contribution in [0.2, 0.25) is 0 Å². The fraction of sp³-hybridized carbons (Fsp3) is 0.714. The first-order valence-corrected chi connectivity index (χ1v) is 11.4. The molecule has 14 nitrogen and oxygen atoms in total. The number of carbonyl (C=O) groups excluding carboxylic acids is 4. The molecule has 0 aromatic rings. The first kappa shape index (κ1) is 31.7. The molecule has 0 aromatic carbocycles. The van der Waals surface area contributed by atoms with Gasteiger partial charge in [-0.1, -0.05) is 20.3 Å². The Morgan fingerprint density at radius 3 is 1.86 bits per heavy atom. The Morgan fingerprint density at radius 1 is 0.829 bits per heavy atom. The highest BCUT2D eigenvalue weighted by Gasteiger charge is 2.32. The van der Waals surface area contributed by atoms with E-state index in [0.717, 1.165) is 0 Å². The fourth-order valence-electron chi connectivity index (χ4n) is 3.02. The number of aliphatic carboxylic acids is 2. The molecular weight excluding hydrogens is 464 g/mol. The van der Waals surface area contributed by atoms with Crippen LogP contribution in [0.4, 0.5) is 0 Å². The Labute approximate surface area is 203 Å². The second-order valence-corrected chi connectivity index (χ2v) is 8.32. The number of hydrogen-bond donors (Lipinski definition) is 8. The molecule has 0 heterocycles. The third-order valence-electron chi connectivity index (χ3n) is 5.44. The summed E-state index contributed by atoms with van der Waals surface area (Å²) in [5, 5.41) is 25.2. The monoisotopic (exact) mass is 502 g/mol. The second kappa shape index (κ2) is 16.4. The molecule has 0 fully saturated rings. The summed E-state index contributed by atoms with van der Waals surface area (Å²) >= 11 is 0. The van der Waals surface area contributed by atoms with Crippen LogP contribution < -0.4 is 33.2 Å². The van der Waals surface area contributed by atoms with E-state index in [1.807, 2.05) is 6.92 Å². The quantitative estimate of drug-likeness (QED) is 0.0935. The molecule has 0 aliphatic heterocycles. The van der Waals surface area contributed by atoms with Gasteiger partial charge >= 0.3 is 11.9 Å². The number of carboxylic acids is 2. The molecule has 0 saturated carbocycles. The number of unbranched alkanes of at least 4 members (excludes halogenated alkanes) is 1. The van der Waals surface area contributed by atoms with Gasteiger partial charge in [-0.2, -0.15) is 0 Å². The summed E-state index contributed by atoms with van der Waals surface area (Å²) in [6.45, 7) is 3.89. The average molecular weight is 503 g/mol. The van der Waals surface area contributed by atoms with Crippen LogP contribution >= 0.6 is 0 Å². The third-order valence-corrected chi connectivity index (χ3v) is 5.44. The molecule has 4 amide bonds. The van der Waals surface area contributed by atoms with Crippen molar-refractivity contribution in [2.24, 2.45) is 23.1 Å². The normalized spacial score (nSPS) is 15.1. The SMILES string of the molecule is CCC(C)C(N)C(=O)NC(CCC(=O)O)C(=O)NC(CC(N)=O)C(=O)NC(CCCCN)C(=O)O. The van der Waals surface area contributed by atoms with Gasteiger partial charge in [0.05, 0.1) is 12.5 Å². The van der Waals surface area contributed by atoms with Gasteiger partial charge < -0.3 is 43.4 Å². The predicted octanol–water partition coefficient (Wildman–Crippen LogP) is -2.23. The van der Waals surface area contributed by atoms with Gasteiger partial charge in [0.15, 0.2) is 0 Å². The minimum absolute atomic E-state index is 0.0697. The molecule has 0 saturated heterocycles. The molecule has 0 bridgehead atoms. The van der Waals surface area contributed by atoms with Crippen molar-refractivity contribution in [3.8, 4) is 0 Å². The zero-order valence-electron chi connectivity index (χ0n) is 20.1. The van der Waals surface area contributed by atoms with E-state index in [1.54, 1.807) is 6.92 Å². The first-order valence-electron chi connectivity index (χ1n) is 11.4. The fourth-order valence-corrected chi connectivity index (χ4v) is 3.02. The number of nitrogens with two attached hydrogens (primary N) is 3. The number of rotatable bonds is 18. The summed E-state index contributed by atoms with van der Waals surface area (Å²) in [4.78, 5) is 72.0. The first-order chi connectivity index (χ1) is 16.3. The molecule has 14 heteroatoms. The smallest absolute Gasteiger partial charge is 0.326 e. The maximum Gasteiger partial charge on any atom is 0.326 e. The van der Waals surface area contributed by atoms with Crippen molar-refractivity contribution in [3.63, 3.8) is 0 Å². The summed E-state index contributed by atoms with van der Waals surface area (Å²) < 4.78 is 0. The number of nitrogens with one attached hydrogen (secondary N) is 3. The van der Waals surface area contributed by atoms with E-state index in [-0.39, 0.29) is 18.8 Å². The molecule has 0 rings (SSSR count). The molecule has 0 aromatic heterocycles. The minimum atomic E-state index is -1.55. The van der Waals surface area contributed by atoms with Crippen LogP contribution in [0.5, 0.6) is 0 Å². The van der Waals surface area contributed by atoms with E-state index in [9.17, 15) is 33.9 Å². The summed E-state index contributed by atoms with van der Waals surface area (Å²) in [6.07, 6.45) is 0.148. The van der Waals surface area contributed by atoms with Crippen molar-refractivity contribution < 1.29 is 39.0 Å². The molecule has 0 radical (unpaired) electrons. The molecule has 0 spiro atoms. The summed E-state index contributed by atoms with van der Waals surface area (Å²) in [5.41, 5.74) is 16.4. The van der Waals surface area contributed by atoms with Crippen molar-refractivity contribution >= 4 is 35.6 Å². The van der Waals surface area contributed by atoms with Crippen LogP contribution in [0.25, 0.3) is 0 Å². The molecular formula is C21H38N6O8. The van der Waals surface area contributed by atoms with Crippen molar-refractivity contribution in [1.29, 1.82) is 0 Å². The van der Waals surface area contributed by atoms with Gasteiger partial charge in [-0.15, -0.1) is 0 Å². The van der Waals surface area contributed by atoms with Crippen LogP contribution in [0.1, 0.15) is 58.8 Å². The highest BCUT2D eigenvalue weighted by Crippen LogP contribution is 2.08. The zero-order valence-corrected chi connectivity index (χ0v) is 20.1. The van der Waals surface area contributed by atoms with Gasteiger partial charge in [-0.3, -0.25) is 24.0 Å². The van der Waals surface area contributed by atoms with Crippen molar-refractivity contribution in [3.05, 3.63) is 0 Å². The number of primary amides is 1. The van der Waals surface area contributed by atoms with Gasteiger partial charge in [0.1, 0.15) is 18.1 Å². The molecule has 35 heavy (non-hydrogen) atoms. The molecule has 5 atom stereocenters. The summed E-state index contributed by atoms with van der Waals surface area (Å²) in [5.74, 6) is -6.33. The van der Waals surface area contributed by atoms with E-state index in [2.05, 4.69) is 16.0 Å². The van der Waals surface area contributed by atoms with Crippen molar-refractivity contribution in [1.82, 2.24) is 16.0 Å². The van der Waals surface area contributed by atoms with E-state index in [0.29, 0.717) is 25.8 Å². The second-order valence-electron chi connectivity index (χ2n) is 8.32. The van der Waals surface area contributed by atoms with Gasteiger partial charge in [-0.05, 0) is 38.1 Å². The standard InChI is InChI=1S/C21H38N6O8/c1-3-11(2)17(24)20(33)25-12(7-8-16(29)30)18(31)27-14(10-15(23)28)19(32)26-13(21(34)35)6-4-5-9-22/h11-14,17H,3-10,22,24H2,1-2H3,(H2,23,28)(H,25,33)(H,26,32)(H,27,31)(H,29,30)(H,34,35). The molecule has 200 valence electrons. The largest absolute Gasteiger partial charge is 0.481 e. The van der Waals surface area contributed by atoms with Crippen LogP contribution in [0, 0.1) is 5.92 Å². The van der Waals surface area contributed by atoms with E-state index < -0.39 is 72.6 Å². The third kappa shape index (κ3) is 12.7. The van der Waals surface area contributed by atoms with Crippen LogP contribution in [-0.4, -0.2) is 76.5 Å². The van der Waals surface area contributed by atoms with E-state index in [4.69, 9.17) is 22.3 Å². The lowest BCUT2D eigenvalue weighted by Gasteiger charge is -2.25. The van der Waals surface area contributed by atoms with Gasteiger partial charge in [-0.25, -0.2) is 4.79 Å². The number of carbonyl (C=O) groups is 6. The van der Waals surface area contributed by atoms with Crippen LogP contribution in [0.15, 0.2) is 0 Å². The highest BCUT2D eigenvalue weighted by atomic mass is 16.4. The number of carboxylic acid groups (broad SMARTS) is 2. The Balaban J connectivity index is 5.57. The molecule has 0 aliphatic rings. The maximum absolute atomic E-state index is 12.9. The number of hydrogen-bond acceptors (Lipinski definition) is 8. The Morgan fingerprint density at radius 2 is 1.37 bits per heavy atom. The van der Waals surface area contributed by atoms with Crippen molar-refractivity contribution in [2.45, 2.75) is 83.0 Å². The molecule has 5 unspecified atom stereocenters. The molecule has 11 N–H and O–H groups in total. The maximum atomic E-state index is 12.9. The lowest BCUT2D eigenvalue weighted by atomic mass is 9.98. The van der Waals surface area contributed by atoms with Gasteiger partial charge in [0.25, 0.3) is 0 Å². The average Bonchev–Trinajstić information content (AvgIpc) is 2.78. The van der Waals surface area contributed by atoms with Crippen LogP contribution in [-0.2, 0) is 28.8 Å².